The van der Waals surface area contributed by atoms with Gasteiger partial charge in [-0.2, -0.15) is 0 Å². The molecular formula is C17H19FN2O. The van der Waals surface area contributed by atoms with Crippen LogP contribution in [0.5, 0.6) is 0 Å². The van der Waals surface area contributed by atoms with Crippen molar-refractivity contribution in [2.24, 2.45) is 0 Å². The predicted octanol–water partition coefficient (Wildman–Crippen LogP) is 3.46. The summed E-state index contributed by atoms with van der Waals surface area (Å²) in [5, 5.41) is 2.70. The highest BCUT2D eigenvalue weighted by molar-refractivity contribution is 5.95. The Labute approximate surface area is 124 Å². The lowest BCUT2D eigenvalue weighted by molar-refractivity contribution is 0.0947. The van der Waals surface area contributed by atoms with Gasteiger partial charge in [0.15, 0.2) is 0 Å². The number of benzene rings is 2. The Morgan fingerprint density at radius 1 is 1.19 bits per heavy atom. The molecule has 4 heteroatoms. The Bertz CT molecular complexity index is 636. The van der Waals surface area contributed by atoms with Crippen LogP contribution in [0.4, 0.5) is 10.1 Å². The van der Waals surface area contributed by atoms with Gasteiger partial charge >= 0.3 is 0 Å². The van der Waals surface area contributed by atoms with Crippen molar-refractivity contribution in [3.8, 4) is 0 Å². The van der Waals surface area contributed by atoms with E-state index in [0.717, 1.165) is 5.56 Å². The quantitative estimate of drug-likeness (QED) is 0.846. The number of rotatable bonds is 4. The molecule has 0 radical (unpaired) electrons. The fourth-order valence-corrected chi connectivity index (χ4v) is 2.01. The highest BCUT2D eigenvalue weighted by atomic mass is 19.1. The van der Waals surface area contributed by atoms with E-state index < -0.39 is 11.7 Å². The van der Waals surface area contributed by atoms with E-state index >= 15 is 0 Å². The van der Waals surface area contributed by atoms with Crippen molar-refractivity contribution in [3.63, 3.8) is 0 Å². The SMILES string of the molecule is CC(C)c1ccc(CNC(=O)c2cc(N)ccc2F)cc1. The number of anilines is 1. The minimum Gasteiger partial charge on any atom is -0.399 e. The lowest BCUT2D eigenvalue weighted by Gasteiger charge is -2.09. The molecule has 0 bridgehead atoms. The molecule has 1 amide bonds. The number of halogens is 1. The second-order valence-electron chi connectivity index (χ2n) is 5.32. The summed E-state index contributed by atoms with van der Waals surface area (Å²) in [6, 6.07) is 12.0. The zero-order valence-electron chi connectivity index (χ0n) is 12.2. The molecular weight excluding hydrogens is 267 g/mol. The van der Waals surface area contributed by atoms with E-state index in [1.54, 1.807) is 0 Å². The number of nitrogen functional groups attached to an aromatic ring is 1. The predicted molar refractivity (Wildman–Crippen MR) is 82.5 cm³/mol. The molecule has 0 atom stereocenters. The van der Waals surface area contributed by atoms with Crippen LogP contribution >= 0.6 is 0 Å². The van der Waals surface area contributed by atoms with E-state index in [1.165, 1.54) is 23.8 Å². The van der Waals surface area contributed by atoms with Gasteiger partial charge in [-0.1, -0.05) is 38.1 Å². The lowest BCUT2D eigenvalue weighted by atomic mass is 10.0. The molecule has 0 aliphatic rings. The van der Waals surface area contributed by atoms with Crippen LogP contribution in [0, 0.1) is 5.82 Å². The van der Waals surface area contributed by atoms with Gasteiger partial charge in [0, 0.05) is 12.2 Å². The van der Waals surface area contributed by atoms with E-state index in [2.05, 4.69) is 19.2 Å². The molecule has 0 heterocycles. The van der Waals surface area contributed by atoms with Gasteiger partial charge in [0.25, 0.3) is 5.91 Å². The third-order valence-electron chi connectivity index (χ3n) is 3.33. The zero-order chi connectivity index (χ0) is 15.4. The van der Waals surface area contributed by atoms with Gasteiger partial charge in [-0.05, 0) is 35.2 Å². The number of hydrogen-bond donors (Lipinski definition) is 2. The second kappa shape index (κ2) is 6.39. The van der Waals surface area contributed by atoms with Crippen molar-refractivity contribution >= 4 is 11.6 Å². The molecule has 2 rings (SSSR count). The molecule has 0 unspecified atom stereocenters. The summed E-state index contributed by atoms with van der Waals surface area (Å²) in [6.45, 7) is 4.60. The average Bonchev–Trinajstić information content (AvgIpc) is 2.47. The van der Waals surface area contributed by atoms with Crippen LogP contribution in [0.2, 0.25) is 0 Å². The van der Waals surface area contributed by atoms with Gasteiger partial charge in [0.05, 0.1) is 5.56 Å². The van der Waals surface area contributed by atoms with E-state index in [4.69, 9.17) is 5.73 Å². The number of carbonyl (C=O) groups excluding carboxylic acids is 1. The van der Waals surface area contributed by atoms with Crippen LogP contribution < -0.4 is 11.1 Å². The molecule has 0 aromatic heterocycles. The van der Waals surface area contributed by atoms with Crippen LogP contribution in [0.1, 0.15) is 41.3 Å². The van der Waals surface area contributed by atoms with Crippen LogP contribution in [-0.4, -0.2) is 5.91 Å². The van der Waals surface area contributed by atoms with Gasteiger partial charge in [-0.3, -0.25) is 4.79 Å². The molecule has 3 N–H and O–H groups in total. The normalized spacial score (nSPS) is 10.7. The van der Waals surface area contributed by atoms with Crippen LogP contribution in [0.15, 0.2) is 42.5 Å². The summed E-state index contributed by atoms with van der Waals surface area (Å²) < 4.78 is 13.6. The number of nitrogens with two attached hydrogens (primary N) is 1. The molecule has 110 valence electrons. The van der Waals surface area contributed by atoms with E-state index in [9.17, 15) is 9.18 Å². The number of nitrogens with one attached hydrogen (secondary N) is 1. The van der Waals surface area contributed by atoms with Crippen molar-refractivity contribution < 1.29 is 9.18 Å². The molecule has 0 aliphatic carbocycles. The Morgan fingerprint density at radius 2 is 1.86 bits per heavy atom. The third kappa shape index (κ3) is 3.81. The van der Waals surface area contributed by atoms with Crippen molar-refractivity contribution in [2.45, 2.75) is 26.3 Å². The average molecular weight is 286 g/mol. The summed E-state index contributed by atoms with van der Waals surface area (Å²) >= 11 is 0. The first-order valence-corrected chi connectivity index (χ1v) is 6.89. The molecule has 21 heavy (non-hydrogen) atoms. The minimum atomic E-state index is -0.572. The third-order valence-corrected chi connectivity index (χ3v) is 3.33. The summed E-state index contributed by atoms with van der Waals surface area (Å²) in [5.74, 6) is -0.570. The van der Waals surface area contributed by atoms with Gasteiger partial charge in [-0.25, -0.2) is 4.39 Å². The van der Waals surface area contributed by atoms with Gasteiger partial charge < -0.3 is 11.1 Å². The molecule has 2 aromatic carbocycles. The molecule has 0 spiro atoms. The Kier molecular flexibility index (Phi) is 4.58. The molecule has 0 aliphatic heterocycles. The van der Waals surface area contributed by atoms with E-state index in [1.807, 2.05) is 24.3 Å². The van der Waals surface area contributed by atoms with Crippen molar-refractivity contribution in [2.75, 3.05) is 5.73 Å². The number of carbonyl (C=O) groups is 1. The second-order valence-corrected chi connectivity index (χ2v) is 5.32. The van der Waals surface area contributed by atoms with Crippen LogP contribution in [0.25, 0.3) is 0 Å². The largest absolute Gasteiger partial charge is 0.399 e. The first kappa shape index (κ1) is 15.0. The van der Waals surface area contributed by atoms with Gasteiger partial charge in [0.1, 0.15) is 5.82 Å². The number of hydrogen-bond acceptors (Lipinski definition) is 2. The summed E-state index contributed by atoms with van der Waals surface area (Å²) in [4.78, 5) is 12.0. The standard InChI is InChI=1S/C17H19FN2O/c1-11(2)13-5-3-12(4-6-13)10-20-17(21)15-9-14(19)7-8-16(15)18/h3-9,11H,10,19H2,1-2H3,(H,20,21). The first-order chi connectivity index (χ1) is 9.97. The van der Waals surface area contributed by atoms with Crippen molar-refractivity contribution in [3.05, 3.63) is 65.0 Å². The Hall–Kier alpha value is -2.36. The fraction of sp³-hybridized carbons (Fsp3) is 0.235. The highest BCUT2D eigenvalue weighted by Crippen LogP contribution is 2.15. The minimum absolute atomic E-state index is 0.0335. The first-order valence-electron chi connectivity index (χ1n) is 6.89. The van der Waals surface area contributed by atoms with Gasteiger partial charge in [0.2, 0.25) is 0 Å². The number of amides is 1. The Balaban J connectivity index is 2.02. The maximum absolute atomic E-state index is 13.6. The topological polar surface area (TPSA) is 55.1 Å². The molecule has 0 fully saturated rings. The summed E-state index contributed by atoms with van der Waals surface area (Å²) in [6.07, 6.45) is 0. The van der Waals surface area contributed by atoms with Crippen molar-refractivity contribution in [1.82, 2.24) is 5.32 Å². The fourth-order valence-electron chi connectivity index (χ4n) is 2.01. The maximum atomic E-state index is 13.6. The van der Waals surface area contributed by atoms with Crippen LogP contribution in [-0.2, 0) is 6.54 Å². The maximum Gasteiger partial charge on any atom is 0.254 e. The molecule has 3 nitrogen and oxygen atoms in total. The van der Waals surface area contributed by atoms with E-state index in [0.29, 0.717) is 18.2 Å². The molecule has 2 aromatic rings. The lowest BCUT2D eigenvalue weighted by Crippen LogP contribution is -2.24. The molecule has 0 saturated heterocycles. The Morgan fingerprint density at radius 3 is 2.48 bits per heavy atom. The smallest absolute Gasteiger partial charge is 0.254 e. The van der Waals surface area contributed by atoms with Crippen molar-refractivity contribution in [1.29, 1.82) is 0 Å². The molecule has 0 saturated carbocycles. The monoisotopic (exact) mass is 286 g/mol. The summed E-state index contributed by atoms with van der Waals surface area (Å²) in [7, 11) is 0. The summed E-state index contributed by atoms with van der Waals surface area (Å²) in [5.41, 5.74) is 8.11. The van der Waals surface area contributed by atoms with Gasteiger partial charge in [-0.15, -0.1) is 0 Å². The van der Waals surface area contributed by atoms with Crippen LogP contribution in [0.3, 0.4) is 0 Å². The highest BCUT2D eigenvalue weighted by Gasteiger charge is 2.11. The van der Waals surface area contributed by atoms with E-state index in [-0.39, 0.29) is 5.56 Å². The zero-order valence-corrected chi connectivity index (χ0v) is 12.2.